The molecule has 2 atom stereocenters. The molecule has 0 rings (SSSR count). The van der Waals surface area contributed by atoms with E-state index >= 15 is 0 Å². The molecule has 0 radical (unpaired) electrons. The molecule has 0 bridgehead atoms. The minimum Gasteiger partial charge on any atom is -0.477 e. The Balaban J connectivity index is 3.94. The maximum absolute atomic E-state index is 10.8. The molecule has 2 unspecified atom stereocenters. The van der Waals surface area contributed by atoms with Crippen molar-refractivity contribution < 1.29 is 19.0 Å². The lowest BCUT2D eigenvalue weighted by atomic mass is 10.4. The first-order chi connectivity index (χ1) is 6.91. The molecule has 1 N–H and O–H groups in total. The zero-order valence-corrected chi connectivity index (χ0v) is 11.2. The number of hydrogen-bond acceptors (Lipinski definition) is 5. The number of rotatable bonds is 6. The summed E-state index contributed by atoms with van der Waals surface area (Å²) < 4.78 is 15.3. The van der Waals surface area contributed by atoms with Crippen LogP contribution in [0.15, 0.2) is 0 Å². The molecule has 0 amide bonds. The summed E-state index contributed by atoms with van der Waals surface area (Å²) in [5, 5.41) is 7.08. The van der Waals surface area contributed by atoms with Crippen LogP contribution in [0.25, 0.3) is 0 Å². The zero-order chi connectivity index (χ0) is 11.8. The molecular weight excluding hydrogens is 313 g/mol. The van der Waals surface area contributed by atoms with Gasteiger partial charge in [0.05, 0.1) is 6.61 Å². The fourth-order valence-corrected chi connectivity index (χ4v) is 1.02. The minimum absolute atomic E-state index is 0.0433. The Morgan fingerprint density at radius 1 is 1.40 bits per heavy atom. The zero-order valence-electron chi connectivity index (χ0n) is 9.08. The molecule has 0 aliphatic carbocycles. The maximum Gasteiger partial charge on any atom is 0.303 e. The van der Waals surface area contributed by atoms with Crippen molar-refractivity contribution in [1.82, 2.24) is 0 Å². The lowest BCUT2D eigenvalue weighted by Crippen LogP contribution is -2.29. The van der Waals surface area contributed by atoms with Gasteiger partial charge in [0, 0.05) is 13.8 Å². The third-order valence-electron chi connectivity index (χ3n) is 1.33. The Labute approximate surface area is 103 Å². The lowest BCUT2D eigenvalue weighted by Gasteiger charge is -2.18. The molecule has 0 saturated carbocycles. The maximum atomic E-state index is 10.8. The topological polar surface area (TPSA) is 68.6 Å². The van der Waals surface area contributed by atoms with Gasteiger partial charge in [-0.25, -0.2) is 0 Å². The molecule has 0 saturated heterocycles. The second-order valence-electron chi connectivity index (χ2n) is 2.97. The highest BCUT2D eigenvalue weighted by Crippen LogP contribution is 2.04. The summed E-state index contributed by atoms with van der Waals surface area (Å²) in [6, 6.07) is 0. The van der Waals surface area contributed by atoms with Crippen molar-refractivity contribution in [2.24, 2.45) is 0 Å². The number of hydrogen-bond donors (Lipinski definition) is 1. The van der Waals surface area contributed by atoms with E-state index in [4.69, 9.17) is 19.6 Å². The van der Waals surface area contributed by atoms with Crippen molar-refractivity contribution in [2.45, 2.75) is 31.0 Å². The smallest absolute Gasteiger partial charge is 0.303 e. The molecule has 0 aromatic heterocycles. The predicted octanol–water partition coefficient (Wildman–Crippen LogP) is 1.73. The van der Waals surface area contributed by atoms with Gasteiger partial charge in [-0.1, -0.05) is 22.6 Å². The molecule has 0 aromatic rings. The van der Waals surface area contributed by atoms with E-state index in [0.717, 1.165) is 0 Å². The summed E-state index contributed by atoms with van der Waals surface area (Å²) in [4.78, 5) is 10.8. The fraction of sp³-hybridized carbons (Fsp3) is 0.778. The molecule has 5 nitrogen and oxygen atoms in total. The number of carbonyl (C=O) groups is 1. The first-order valence-electron chi connectivity index (χ1n) is 4.52. The van der Waals surface area contributed by atoms with Crippen molar-refractivity contribution in [3.05, 3.63) is 0 Å². The minimum atomic E-state index is -0.458. The number of esters is 1. The quantitative estimate of drug-likeness (QED) is 0.265. The van der Waals surface area contributed by atoms with Crippen LogP contribution >= 0.6 is 22.6 Å². The van der Waals surface area contributed by atoms with E-state index in [1.54, 1.807) is 0 Å². The molecule has 0 aliphatic rings. The van der Waals surface area contributed by atoms with Crippen LogP contribution in [0.4, 0.5) is 0 Å². The first kappa shape index (κ1) is 14.6. The Morgan fingerprint density at radius 2 is 2.00 bits per heavy atom. The Bertz CT molecular complexity index is 220. The van der Waals surface area contributed by atoms with Crippen LogP contribution < -0.4 is 0 Å². The molecule has 15 heavy (non-hydrogen) atoms. The van der Waals surface area contributed by atoms with Crippen LogP contribution in [0.1, 0.15) is 20.8 Å². The van der Waals surface area contributed by atoms with Crippen molar-refractivity contribution >= 4 is 34.5 Å². The fourth-order valence-electron chi connectivity index (χ4n) is 0.809. The number of alkyl halides is 1. The summed E-state index contributed by atoms with van der Waals surface area (Å²) in [6.45, 7) is 5.16. The molecule has 0 heterocycles. The van der Waals surface area contributed by atoms with Crippen molar-refractivity contribution in [2.75, 3.05) is 13.2 Å². The van der Waals surface area contributed by atoms with E-state index in [0.29, 0.717) is 0 Å². The van der Waals surface area contributed by atoms with Crippen molar-refractivity contribution in [3.63, 3.8) is 0 Å². The normalized spacial score (nSPS) is 14.1. The van der Waals surface area contributed by atoms with Gasteiger partial charge in [0.25, 0.3) is 0 Å². The standard InChI is InChI=1S/C9H16INO4/c1-6(10)13-4-9(15-8(3)12)5-14-7(2)11/h6,9,11H,4-5H2,1-3H3. The Kier molecular flexibility index (Phi) is 7.67. The lowest BCUT2D eigenvalue weighted by molar-refractivity contribution is -0.151. The van der Waals surface area contributed by atoms with Crippen LogP contribution in [0.3, 0.4) is 0 Å². The molecule has 0 fully saturated rings. The van der Waals surface area contributed by atoms with Crippen molar-refractivity contribution in [1.29, 1.82) is 5.41 Å². The Morgan fingerprint density at radius 3 is 2.40 bits per heavy atom. The molecule has 0 aromatic carbocycles. The monoisotopic (exact) mass is 329 g/mol. The number of ether oxygens (including phenoxy) is 3. The van der Waals surface area contributed by atoms with Gasteiger partial charge in [0.2, 0.25) is 0 Å². The van der Waals surface area contributed by atoms with E-state index < -0.39 is 6.10 Å². The van der Waals surface area contributed by atoms with E-state index in [1.165, 1.54) is 13.8 Å². The molecular formula is C9H16INO4. The second-order valence-corrected chi connectivity index (χ2v) is 4.73. The predicted molar refractivity (Wildman–Crippen MR) is 64.3 cm³/mol. The molecule has 0 aliphatic heterocycles. The van der Waals surface area contributed by atoms with E-state index in [2.05, 4.69) is 22.6 Å². The highest BCUT2D eigenvalue weighted by atomic mass is 127. The highest BCUT2D eigenvalue weighted by Gasteiger charge is 2.14. The van der Waals surface area contributed by atoms with Gasteiger partial charge >= 0.3 is 5.97 Å². The largest absolute Gasteiger partial charge is 0.477 e. The van der Waals surface area contributed by atoms with Crippen LogP contribution in [0, 0.1) is 5.41 Å². The van der Waals surface area contributed by atoms with Crippen molar-refractivity contribution in [3.8, 4) is 0 Å². The summed E-state index contributed by atoms with van der Waals surface area (Å²) >= 11 is 2.11. The van der Waals surface area contributed by atoms with Gasteiger partial charge in [0.15, 0.2) is 12.0 Å². The highest BCUT2D eigenvalue weighted by molar-refractivity contribution is 14.1. The Hall–Kier alpha value is -0.370. The van der Waals surface area contributed by atoms with Gasteiger partial charge in [-0.05, 0) is 6.92 Å². The summed E-state index contributed by atoms with van der Waals surface area (Å²) in [6.07, 6.45) is -0.458. The van der Waals surface area contributed by atoms with Gasteiger partial charge < -0.3 is 14.2 Å². The number of halogens is 1. The summed E-state index contributed by atoms with van der Waals surface area (Å²) in [5.74, 6) is -0.286. The van der Waals surface area contributed by atoms with Crippen LogP contribution in [-0.2, 0) is 19.0 Å². The van der Waals surface area contributed by atoms with Gasteiger partial charge in [-0.2, -0.15) is 0 Å². The molecule has 0 spiro atoms. The molecule has 88 valence electrons. The number of carbonyl (C=O) groups excluding carboxylic acids is 1. The average Bonchev–Trinajstić information content (AvgIpc) is 2.08. The van der Waals surface area contributed by atoms with E-state index in [1.807, 2.05) is 6.92 Å². The van der Waals surface area contributed by atoms with Crippen LogP contribution in [-0.4, -0.2) is 35.3 Å². The third kappa shape index (κ3) is 9.92. The van der Waals surface area contributed by atoms with Gasteiger partial charge in [-0.15, -0.1) is 0 Å². The van der Waals surface area contributed by atoms with Crippen LogP contribution in [0.5, 0.6) is 0 Å². The summed E-state index contributed by atoms with van der Waals surface area (Å²) in [7, 11) is 0. The SMILES string of the molecule is CC(=N)OCC(COC(C)I)OC(C)=O. The third-order valence-corrected chi connectivity index (χ3v) is 1.69. The van der Waals surface area contributed by atoms with Gasteiger partial charge in [0.1, 0.15) is 10.7 Å². The average molecular weight is 329 g/mol. The van der Waals surface area contributed by atoms with Gasteiger partial charge in [-0.3, -0.25) is 10.2 Å². The number of nitrogens with one attached hydrogen (secondary N) is 1. The van der Waals surface area contributed by atoms with Crippen LogP contribution in [0.2, 0.25) is 0 Å². The second kappa shape index (κ2) is 7.86. The molecule has 6 heteroatoms. The van der Waals surface area contributed by atoms with E-state index in [9.17, 15) is 4.79 Å². The first-order valence-corrected chi connectivity index (χ1v) is 5.77. The van der Waals surface area contributed by atoms with E-state index in [-0.39, 0.29) is 29.2 Å². The summed E-state index contributed by atoms with van der Waals surface area (Å²) in [5.41, 5.74) is 0.